The van der Waals surface area contributed by atoms with E-state index < -0.39 is 0 Å². The third-order valence-electron chi connectivity index (χ3n) is 3.07. The van der Waals surface area contributed by atoms with Gasteiger partial charge in [-0.3, -0.25) is 0 Å². The van der Waals surface area contributed by atoms with Crippen LogP contribution < -0.4 is 0 Å². The summed E-state index contributed by atoms with van der Waals surface area (Å²) in [4.78, 5) is 0. The second-order valence-electron chi connectivity index (χ2n) is 5.03. The Labute approximate surface area is 140 Å². The van der Waals surface area contributed by atoms with E-state index in [0.29, 0.717) is 26.1 Å². The lowest BCUT2D eigenvalue weighted by molar-refractivity contribution is -0.246. The van der Waals surface area contributed by atoms with Gasteiger partial charge in [-0.2, -0.15) is 0 Å². The Morgan fingerprint density at radius 3 is 1.43 bits per heavy atom. The zero-order chi connectivity index (χ0) is 17.2. The molecule has 5 heteroatoms. The van der Waals surface area contributed by atoms with Crippen molar-refractivity contribution in [3.63, 3.8) is 0 Å². The molecule has 0 bridgehead atoms. The molecule has 0 aromatic heterocycles. The topological polar surface area (TPSA) is 68.2 Å². The molecule has 0 aliphatic carbocycles. The molecule has 0 aromatic rings. The quantitative estimate of drug-likeness (QED) is 0.336. The number of rotatable bonds is 16. The largest absolute Gasteiger partial charge is 0.396 e. The van der Waals surface area contributed by atoms with E-state index >= 15 is 0 Å². The lowest BCUT2D eigenvalue weighted by Gasteiger charge is -2.24. The van der Waals surface area contributed by atoms with Crippen LogP contribution in [-0.2, 0) is 14.2 Å². The van der Waals surface area contributed by atoms with E-state index in [0.717, 1.165) is 25.7 Å². The van der Waals surface area contributed by atoms with Gasteiger partial charge >= 0.3 is 0 Å². The molecular formula is C18H34O5. The van der Waals surface area contributed by atoms with E-state index in [1.807, 2.05) is 38.2 Å². The predicted molar refractivity (Wildman–Crippen MR) is 92.1 cm³/mol. The fraction of sp³-hybridized carbons (Fsp3) is 0.778. The molecule has 0 aliphatic heterocycles. The molecule has 2 atom stereocenters. The number of hydrogen-bond donors (Lipinski definition) is 2. The van der Waals surface area contributed by atoms with Crippen LogP contribution in [0.5, 0.6) is 0 Å². The standard InChI is InChI=1S/C18H34O5/c1-3-21-17(13-9-5-7-11-15-19)23-18(22-4-2)14-10-6-8-12-16-20/h5-8,17-20H,3-4,9-16H2,1-2H3. The minimum Gasteiger partial charge on any atom is -0.396 e. The van der Waals surface area contributed by atoms with Gasteiger partial charge in [-0.25, -0.2) is 0 Å². The highest BCUT2D eigenvalue weighted by Crippen LogP contribution is 2.14. The molecule has 136 valence electrons. The normalized spacial score (nSPS) is 14.8. The highest BCUT2D eigenvalue weighted by Gasteiger charge is 2.16. The summed E-state index contributed by atoms with van der Waals surface area (Å²) in [6.07, 6.45) is 12.0. The van der Waals surface area contributed by atoms with Crippen molar-refractivity contribution in [1.82, 2.24) is 0 Å². The summed E-state index contributed by atoms with van der Waals surface area (Å²) >= 11 is 0. The Bertz CT molecular complexity index is 263. The van der Waals surface area contributed by atoms with Gasteiger partial charge in [0.1, 0.15) is 0 Å². The number of aliphatic hydroxyl groups is 2. The Balaban J connectivity index is 4.21. The van der Waals surface area contributed by atoms with Gasteiger partial charge in [-0.1, -0.05) is 24.3 Å². The lowest BCUT2D eigenvalue weighted by Crippen LogP contribution is -2.27. The molecular weight excluding hydrogens is 296 g/mol. The SMILES string of the molecule is CCOC(CCC=CCCO)OC(CCC=CCCO)OCC. The van der Waals surface area contributed by atoms with Crippen molar-refractivity contribution in [3.8, 4) is 0 Å². The van der Waals surface area contributed by atoms with Gasteiger partial charge in [0, 0.05) is 39.3 Å². The van der Waals surface area contributed by atoms with E-state index in [4.69, 9.17) is 24.4 Å². The van der Waals surface area contributed by atoms with Gasteiger partial charge in [0.2, 0.25) is 0 Å². The van der Waals surface area contributed by atoms with Crippen LogP contribution in [0.15, 0.2) is 24.3 Å². The van der Waals surface area contributed by atoms with E-state index in [2.05, 4.69) is 0 Å². The molecule has 0 aromatic carbocycles. The van der Waals surface area contributed by atoms with Crippen molar-refractivity contribution in [1.29, 1.82) is 0 Å². The Hall–Kier alpha value is -0.720. The molecule has 23 heavy (non-hydrogen) atoms. The first-order chi connectivity index (χ1) is 11.3. The number of aliphatic hydroxyl groups excluding tert-OH is 2. The van der Waals surface area contributed by atoms with Gasteiger partial charge in [0.15, 0.2) is 12.6 Å². The van der Waals surface area contributed by atoms with Crippen LogP contribution >= 0.6 is 0 Å². The Morgan fingerprint density at radius 1 is 0.696 bits per heavy atom. The molecule has 0 saturated carbocycles. The number of hydrogen-bond acceptors (Lipinski definition) is 5. The van der Waals surface area contributed by atoms with E-state index in [1.54, 1.807) is 0 Å². The monoisotopic (exact) mass is 330 g/mol. The first-order valence-corrected chi connectivity index (χ1v) is 8.68. The third kappa shape index (κ3) is 14.6. The number of allylic oxidation sites excluding steroid dienone is 2. The molecule has 0 fully saturated rings. The van der Waals surface area contributed by atoms with Crippen molar-refractivity contribution in [2.45, 2.75) is 65.0 Å². The molecule has 0 rings (SSSR count). The van der Waals surface area contributed by atoms with Gasteiger partial charge in [-0.05, 0) is 39.5 Å². The average molecular weight is 330 g/mol. The Kier molecular flexibility index (Phi) is 17.1. The summed E-state index contributed by atoms with van der Waals surface area (Å²) < 4.78 is 17.2. The molecule has 5 nitrogen and oxygen atoms in total. The highest BCUT2D eigenvalue weighted by molar-refractivity contribution is 4.82. The van der Waals surface area contributed by atoms with Crippen LogP contribution in [0.4, 0.5) is 0 Å². The van der Waals surface area contributed by atoms with E-state index in [-0.39, 0.29) is 25.8 Å². The van der Waals surface area contributed by atoms with Crippen molar-refractivity contribution < 1.29 is 24.4 Å². The second-order valence-corrected chi connectivity index (χ2v) is 5.03. The molecule has 0 aliphatic rings. The smallest absolute Gasteiger partial charge is 0.161 e. The minimum absolute atomic E-state index is 0.179. The maximum atomic E-state index is 8.74. The molecule has 0 amide bonds. The van der Waals surface area contributed by atoms with E-state index in [9.17, 15) is 0 Å². The molecule has 0 radical (unpaired) electrons. The van der Waals surface area contributed by atoms with E-state index in [1.165, 1.54) is 0 Å². The average Bonchev–Trinajstić information content (AvgIpc) is 2.54. The zero-order valence-electron chi connectivity index (χ0n) is 14.7. The van der Waals surface area contributed by atoms with Gasteiger partial charge in [0.05, 0.1) is 0 Å². The maximum Gasteiger partial charge on any atom is 0.161 e. The van der Waals surface area contributed by atoms with Crippen LogP contribution in [0.25, 0.3) is 0 Å². The van der Waals surface area contributed by atoms with Crippen LogP contribution in [-0.4, -0.2) is 49.2 Å². The fourth-order valence-corrected chi connectivity index (χ4v) is 2.01. The minimum atomic E-state index is -0.281. The molecule has 2 N–H and O–H groups in total. The van der Waals surface area contributed by atoms with Crippen molar-refractivity contribution >= 4 is 0 Å². The van der Waals surface area contributed by atoms with Crippen LogP contribution in [0.2, 0.25) is 0 Å². The number of ether oxygens (including phenoxy) is 3. The summed E-state index contributed by atoms with van der Waals surface area (Å²) in [5.41, 5.74) is 0. The molecule has 0 spiro atoms. The molecule has 2 unspecified atom stereocenters. The van der Waals surface area contributed by atoms with Crippen molar-refractivity contribution in [3.05, 3.63) is 24.3 Å². The maximum absolute atomic E-state index is 8.74. The fourth-order valence-electron chi connectivity index (χ4n) is 2.01. The summed E-state index contributed by atoms with van der Waals surface area (Å²) in [5.74, 6) is 0. The van der Waals surface area contributed by atoms with Gasteiger partial charge in [0.25, 0.3) is 0 Å². The first-order valence-electron chi connectivity index (χ1n) is 8.68. The second kappa shape index (κ2) is 17.6. The van der Waals surface area contributed by atoms with Crippen LogP contribution in [0.1, 0.15) is 52.4 Å². The summed E-state index contributed by atoms with van der Waals surface area (Å²) in [6.45, 7) is 5.45. The van der Waals surface area contributed by atoms with Crippen LogP contribution in [0, 0.1) is 0 Å². The zero-order valence-corrected chi connectivity index (χ0v) is 14.7. The van der Waals surface area contributed by atoms with Crippen molar-refractivity contribution in [2.24, 2.45) is 0 Å². The third-order valence-corrected chi connectivity index (χ3v) is 3.07. The summed E-state index contributed by atoms with van der Waals surface area (Å²) in [5, 5.41) is 17.5. The van der Waals surface area contributed by atoms with Gasteiger partial charge in [-0.15, -0.1) is 0 Å². The predicted octanol–water partition coefficient (Wildman–Crippen LogP) is 3.17. The lowest BCUT2D eigenvalue weighted by atomic mass is 10.2. The first kappa shape index (κ1) is 22.3. The summed E-state index contributed by atoms with van der Waals surface area (Å²) in [7, 11) is 0. The summed E-state index contributed by atoms with van der Waals surface area (Å²) in [6, 6.07) is 0. The highest BCUT2D eigenvalue weighted by atomic mass is 16.8. The van der Waals surface area contributed by atoms with Crippen molar-refractivity contribution in [2.75, 3.05) is 26.4 Å². The molecule has 0 saturated heterocycles. The molecule has 0 heterocycles. The van der Waals surface area contributed by atoms with Gasteiger partial charge < -0.3 is 24.4 Å². The Morgan fingerprint density at radius 2 is 1.09 bits per heavy atom. The van der Waals surface area contributed by atoms with Crippen LogP contribution in [0.3, 0.4) is 0 Å².